The predicted octanol–water partition coefficient (Wildman–Crippen LogP) is 2.33. The second-order valence-corrected chi connectivity index (χ2v) is 4.42. The summed E-state index contributed by atoms with van der Waals surface area (Å²) in [6.07, 6.45) is 0.450. The molecule has 0 bridgehead atoms. The van der Waals surface area contributed by atoms with Crippen molar-refractivity contribution in [1.29, 1.82) is 0 Å². The molecular weight excluding hydrogens is 275 g/mol. The first-order chi connectivity index (χ1) is 9.27. The van der Waals surface area contributed by atoms with E-state index in [2.05, 4.69) is 0 Å². The fourth-order valence-electron chi connectivity index (χ4n) is 1.66. The Morgan fingerprint density at radius 1 is 1.25 bits per heavy atom. The summed E-state index contributed by atoms with van der Waals surface area (Å²) in [5, 5.41) is 11.0. The lowest BCUT2D eigenvalue weighted by Gasteiger charge is -2.20. The van der Waals surface area contributed by atoms with E-state index in [1.807, 2.05) is 5.32 Å². The van der Waals surface area contributed by atoms with Crippen LogP contribution in [0.3, 0.4) is 0 Å². The third kappa shape index (κ3) is 3.49. The molecule has 1 amide bonds. The molecule has 4 nitrogen and oxygen atoms in total. The molecule has 0 aliphatic carbocycles. The van der Waals surface area contributed by atoms with Crippen LogP contribution in [0, 0.1) is 23.4 Å². The minimum Gasteiger partial charge on any atom is -0.480 e. The number of aliphatic carboxylic acids is 1. The third-order valence-corrected chi connectivity index (χ3v) is 3.00. The normalized spacial score (nSPS) is 13.7. The average molecular weight is 289 g/mol. The van der Waals surface area contributed by atoms with E-state index in [9.17, 15) is 22.8 Å². The molecular formula is C13H14F3NO3. The number of nitrogens with one attached hydrogen (secondary N) is 1. The van der Waals surface area contributed by atoms with Gasteiger partial charge in [-0.05, 0) is 5.92 Å². The highest BCUT2D eigenvalue weighted by molar-refractivity contribution is 5.97. The number of carbonyl (C=O) groups is 2. The van der Waals surface area contributed by atoms with Gasteiger partial charge in [-0.25, -0.2) is 18.0 Å². The monoisotopic (exact) mass is 289 g/mol. The molecule has 110 valence electrons. The van der Waals surface area contributed by atoms with Crippen molar-refractivity contribution in [3.63, 3.8) is 0 Å². The van der Waals surface area contributed by atoms with Crippen molar-refractivity contribution in [3.8, 4) is 0 Å². The van der Waals surface area contributed by atoms with Crippen LogP contribution in [0.15, 0.2) is 12.1 Å². The molecule has 2 atom stereocenters. The van der Waals surface area contributed by atoms with Crippen LogP contribution >= 0.6 is 0 Å². The van der Waals surface area contributed by atoms with Crippen LogP contribution in [0.4, 0.5) is 13.2 Å². The van der Waals surface area contributed by atoms with Crippen LogP contribution in [-0.2, 0) is 4.79 Å². The SMILES string of the molecule is CC[C@H](C)[C@H](NC(=O)c1c(F)cc(F)cc1F)C(=O)O. The van der Waals surface area contributed by atoms with E-state index in [1.54, 1.807) is 13.8 Å². The highest BCUT2D eigenvalue weighted by Gasteiger charge is 2.28. The first kappa shape index (κ1) is 16.0. The van der Waals surface area contributed by atoms with Crippen LogP contribution in [0.5, 0.6) is 0 Å². The maximum atomic E-state index is 13.4. The van der Waals surface area contributed by atoms with Gasteiger partial charge in [0.25, 0.3) is 5.91 Å². The van der Waals surface area contributed by atoms with E-state index in [0.717, 1.165) is 0 Å². The van der Waals surface area contributed by atoms with Crippen LogP contribution < -0.4 is 5.32 Å². The number of hydrogen-bond acceptors (Lipinski definition) is 2. The molecule has 0 fully saturated rings. The van der Waals surface area contributed by atoms with E-state index in [-0.39, 0.29) is 0 Å². The van der Waals surface area contributed by atoms with Crippen molar-refractivity contribution in [3.05, 3.63) is 35.1 Å². The van der Waals surface area contributed by atoms with Crippen molar-refractivity contribution < 1.29 is 27.9 Å². The fraction of sp³-hybridized carbons (Fsp3) is 0.385. The average Bonchev–Trinajstić information content (AvgIpc) is 2.33. The quantitative estimate of drug-likeness (QED) is 0.874. The number of hydrogen-bond donors (Lipinski definition) is 2. The molecule has 0 saturated heterocycles. The number of halogens is 3. The van der Waals surface area contributed by atoms with Gasteiger partial charge in [-0.2, -0.15) is 0 Å². The molecule has 0 spiro atoms. The summed E-state index contributed by atoms with van der Waals surface area (Å²) in [7, 11) is 0. The van der Waals surface area contributed by atoms with Gasteiger partial charge in [0.1, 0.15) is 29.1 Å². The molecule has 0 heterocycles. The summed E-state index contributed by atoms with van der Waals surface area (Å²) in [5.41, 5.74) is -0.999. The summed E-state index contributed by atoms with van der Waals surface area (Å²) in [5.74, 6) is -6.89. The van der Waals surface area contributed by atoms with Crippen molar-refractivity contribution in [2.75, 3.05) is 0 Å². The number of carboxylic acids is 1. The van der Waals surface area contributed by atoms with Crippen molar-refractivity contribution in [2.24, 2.45) is 5.92 Å². The predicted molar refractivity (Wildman–Crippen MR) is 64.7 cm³/mol. The van der Waals surface area contributed by atoms with Gasteiger partial charge >= 0.3 is 5.97 Å². The summed E-state index contributed by atoms with van der Waals surface area (Å²) in [4.78, 5) is 22.8. The van der Waals surface area contributed by atoms with Gasteiger partial charge in [0.15, 0.2) is 0 Å². The Morgan fingerprint density at radius 3 is 2.15 bits per heavy atom. The van der Waals surface area contributed by atoms with Crippen LogP contribution in [0.1, 0.15) is 30.6 Å². The Hall–Kier alpha value is -2.05. The number of amides is 1. The number of carbonyl (C=O) groups excluding carboxylic acids is 1. The first-order valence-corrected chi connectivity index (χ1v) is 5.96. The van der Waals surface area contributed by atoms with Gasteiger partial charge in [-0.15, -0.1) is 0 Å². The maximum absolute atomic E-state index is 13.4. The zero-order chi connectivity index (χ0) is 15.4. The number of rotatable bonds is 5. The molecule has 7 heteroatoms. The first-order valence-electron chi connectivity index (χ1n) is 5.96. The maximum Gasteiger partial charge on any atom is 0.326 e. The molecule has 0 aliphatic heterocycles. The topological polar surface area (TPSA) is 66.4 Å². The highest BCUT2D eigenvalue weighted by Crippen LogP contribution is 2.16. The molecule has 1 aromatic carbocycles. The Labute approximate surface area is 113 Å². The van der Waals surface area contributed by atoms with Gasteiger partial charge in [0.05, 0.1) is 0 Å². The van der Waals surface area contributed by atoms with Crippen LogP contribution in [0.25, 0.3) is 0 Å². The Kier molecular flexibility index (Phi) is 5.12. The minimum atomic E-state index is -1.38. The Bertz CT molecular complexity index is 511. The van der Waals surface area contributed by atoms with Crippen molar-refractivity contribution >= 4 is 11.9 Å². The molecule has 2 N–H and O–H groups in total. The van der Waals surface area contributed by atoms with Gasteiger partial charge < -0.3 is 10.4 Å². The van der Waals surface area contributed by atoms with Gasteiger partial charge in [-0.3, -0.25) is 4.79 Å². The van der Waals surface area contributed by atoms with Crippen molar-refractivity contribution in [1.82, 2.24) is 5.32 Å². The molecule has 0 aromatic heterocycles. The van der Waals surface area contributed by atoms with Gasteiger partial charge in [-0.1, -0.05) is 20.3 Å². The van der Waals surface area contributed by atoms with Gasteiger partial charge in [0.2, 0.25) is 0 Å². The smallest absolute Gasteiger partial charge is 0.326 e. The molecule has 0 saturated carbocycles. The highest BCUT2D eigenvalue weighted by atomic mass is 19.1. The minimum absolute atomic E-state index is 0.358. The molecule has 1 aromatic rings. The second kappa shape index (κ2) is 6.40. The summed E-state index contributed by atoms with van der Waals surface area (Å²) < 4.78 is 39.6. The second-order valence-electron chi connectivity index (χ2n) is 4.42. The van der Waals surface area contributed by atoms with Crippen molar-refractivity contribution in [2.45, 2.75) is 26.3 Å². The fourth-order valence-corrected chi connectivity index (χ4v) is 1.66. The third-order valence-electron chi connectivity index (χ3n) is 3.00. The molecule has 20 heavy (non-hydrogen) atoms. The number of carboxylic acid groups (broad SMARTS) is 1. The Balaban J connectivity index is 3.04. The zero-order valence-corrected chi connectivity index (χ0v) is 10.9. The lowest BCUT2D eigenvalue weighted by atomic mass is 9.99. The molecule has 1 rings (SSSR count). The largest absolute Gasteiger partial charge is 0.480 e. The zero-order valence-electron chi connectivity index (χ0n) is 10.9. The van der Waals surface area contributed by atoms with E-state index in [4.69, 9.17) is 5.11 Å². The van der Waals surface area contributed by atoms with Crippen LogP contribution in [-0.4, -0.2) is 23.0 Å². The summed E-state index contributed by atoms with van der Waals surface area (Å²) in [6.45, 7) is 3.29. The van der Waals surface area contributed by atoms with E-state index in [0.29, 0.717) is 18.6 Å². The molecule has 0 aliphatic rings. The summed E-state index contributed by atoms with van der Waals surface area (Å²) >= 11 is 0. The number of benzene rings is 1. The van der Waals surface area contributed by atoms with E-state index >= 15 is 0 Å². The molecule has 0 radical (unpaired) electrons. The van der Waals surface area contributed by atoms with Gasteiger partial charge in [0, 0.05) is 12.1 Å². The lowest BCUT2D eigenvalue weighted by molar-refractivity contribution is -0.140. The lowest BCUT2D eigenvalue weighted by Crippen LogP contribution is -2.45. The Morgan fingerprint density at radius 2 is 1.75 bits per heavy atom. The summed E-state index contributed by atoms with van der Waals surface area (Å²) in [6, 6.07) is -0.565. The van der Waals surface area contributed by atoms with E-state index < -0.39 is 46.9 Å². The molecule has 0 unspecified atom stereocenters. The standard InChI is InChI=1S/C13H14F3NO3/c1-3-6(2)11(13(19)20)17-12(18)10-8(15)4-7(14)5-9(10)16/h4-6,11H,3H2,1-2H3,(H,17,18)(H,19,20)/t6-,11-/m0/s1. The van der Waals surface area contributed by atoms with E-state index in [1.165, 1.54) is 0 Å². The van der Waals surface area contributed by atoms with Crippen LogP contribution in [0.2, 0.25) is 0 Å².